The molecule has 4 rings (SSSR count). The van der Waals surface area contributed by atoms with Gasteiger partial charge in [0.1, 0.15) is 6.04 Å². The SMILES string of the molecule is Cc1ccc2c(c1)[C@H]1CN(C)CC[C@H]1N2C(=O)C1CCCCC(=O)N1. The molecule has 1 aromatic rings. The quantitative estimate of drug-likeness (QED) is 0.852. The molecule has 1 unspecified atom stereocenters. The lowest BCUT2D eigenvalue weighted by molar-refractivity contribution is -0.127. The number of fused-ring (bicyclic) bond motifs is 3. The van der Waals surface area contributed by atoms with Crippen LogP contribution < -0.4 is 10.2 Å². The minimum absolute atomic E-state index is 0.0131. The van der Waals surface area contributed by atoms with Gasteiger partial charge >= 0.3 is 0 Å². The zero-order chi connectivity index (χ0) is 17.6. The summed E-state index contributed by atoms with van der Waals surface area (Å²) in [5.74, 6) is 0.468. The molecule has 0 spiro atoms. The number of amides is 2. The molecule has 5 heteroatoms. The second-order valence-corrected chi connectivity index (χ2v) is 7.86. The van der Waals surface area contributed by atoms with Crippen LogP contribution in [0.1, 0.15) is 49.1 Å². The number of likely N-dealkylation sites (N-methyl/N-ethyl adjacent to an activating group) is 1. The smallest absolute Gasteiger partial charge is 0.249 e. The third kappa shape index (κ3) is 2.95. The van der Waals surface area contributed by atoms with Gasteiger partial charge in [0.05, 0.1) is 0 Å². The topological polar surface area (TPSA) is 52.7 Å². The maximum atomic E-state index is 13.4. The molecule has 0 aliphatic carbocycles. The summed E-state index contributed by atoms with van der Waals surface area (Å²) >= 11 is 0. The molecule has 2 fully saturated rings. The summed E-state index contributed by atoms with van der Waals surface area (Å²) < 4.78 is 0. The Labute approximate surface area is 149 Å². The van der Waals surface area contributed by atoms with Gasteiger partial charge in [-0.2, -0.15) is 0 Å². The second kappa shape index (κ2) is 6.45. The molecule has 5 nitrogen and oxygen atoms in total. The van der Waals surface area contributed by atoms with Crippen molar-refractivity contribution in [2.75, 3.05) is 25.0 Å². The van der Waals surface area contributed by atoms with Crippen molar-refractivity contribution in [1.82, 2.24) is 10.2 Å². The molecule has 0 saturated carbocycles. The number of benzene rings is 1. The molecule has 134 valence electrons. The lowest BCUT2D eigenvalue weighted by Crippen LogP contribution is -2.53. The number of hydrogen-bond donors (Lipinski definition) is 1. The van der Waals surface area contributed by atoms with Gasteiger partial charge < -0.3 is 15.1 Å². The van der Waals surface area contributed by atoms with Crippen molar-refractivity contribution < 1.29 is 9.59 Å². The van der Waals surface area contributed by atoms with Gasteiger partial charge in [-0.15, -0.1) is 0 Å². The fourth-order valence-corrected chi connectivity index (χ4v) is 4.69. The average molecular weight is 341 g/mol. The molecule has 3 heterocycles. The van der Waals surface area contributed by atoms with Gasteiger partial charge in [-0.3, -0.25) is 9.59 Å². The summed E-state index contributed by atoms with van der Waals surface area (Å²) in [4.78, 5) is 29.7. The maximum Gasteiger partial charge on any atom is 0.249 e. The highest BCUT2D eigenvalue weighted by molar-refractivity contribution is 6.02. The number of carbonyl (C=O) groups excluding carboxylic acids is 2. The molecule has 0 radical (unpaired) electrons. The van der Waals surface area contributed by atoms with Gasteiger partial charge in [0.2, 0.25) is 11.8 Å². The molecular weight excluding hydrogens is 314 g/mol. The molecule has 2 amide bonds. The third-order valence-electron chi connectivity index (χ3n) is 5.97. The number of carbonyl (C=O) groups is 2. The molecule has 3 aliphatic rings. The Hall–Kier alpha value is -1.88. The average Bonchev–Trinajstić information content (AvgIpc) is 2.73. The van der Waals surface area contributed by atoms with Crippen molar-refractivity contribution in [3.63, 3.8) is 0 Å². The standard InChI is InChI=1S/C20H27N3O2/c1-13-7-8-17-14(11-13)15-12-22(2)10-9-18(15)23(17)20(25)16-5-3-4-6-19(24)21-16/h7-8,11,15-16,18H,3-6,9-10,12H2,1-2H3,(H,21,24)/t15-,16?,18-/m1/s1. The van der Waals surface area contributed by atoms with E-state index in [0.29, 0.717) is 12.3 Å². The highest BCUT2D eigenvalue weighted by Crippen LogP contribution is 2.45. The summed E-state index contributed by atoms with van der Waals surface area (Å²) in [6.45, 7) is 4.11. The highest BCUT2D eigenvalue weighted by atomic mass is 16.2. The van der Waals surface area contributed by atoms with Gasteiger partial charge in [-0.1, -0.05) is 24.1 Å². The number of aryl methyl sites for hydroxylation is 1. The van der Waals surface area contributed by atoms with E-state index < -0.39 is 0 Å². The second-order valence-electron chi connectivity index (χ2n) is 7.86. The molecule has 0 bridgehead atoms. The van der Waals surface area contributed by atoms with E-state index >= 15 is 0 Å². The van der Waals surface area contributed by atoms with Crippen molar-refractivity contribution in [2.45, 2.75) is 57.0 Å². The summed E-state index contributed by atoms with van der Waals surface area (Å²) in [5, 5.41) is 2.96. The Kier molecular flexibility index (Phi) is 4.28. The molecular formula is C20H27N3O2. The minimum atomic E-state index is -0.373. The Morgan fingerprint density at radius 2 is 2.08 bits per heavy atom. The van der Waals surface area contributed by atoms with Crippen LogP contribution >= 0.6 is 0 Å². The van der Waals surface area contributed by atoms with Crippen molar-refractivity contribution in [1.29, 1.82) is 0 Å². The number of likely N-dealkylation sites (tertiary alicyclic amines) is 1. The third-order valence-corrected chi connectivity index (χ3v) is 5.97. The summed E-state index contributed by atoms with van der Waals surface area (Å²) in [6, 6.07) is 6.28. The van der Waals surface area contributed by atoms with Gasteiger partial charge in [0.15, 0.2) is 0 Å². The first-order valence-corrected chi connectivity index (χ1v) is 9.46. The summed E-state index contributed by atoms with van der Waals surface area (Å²) in [7, 11) is 2.15. The summed E-state index contributed by atoms with van der Waals surface area (Å²) in [6.07, 6.45) is 4.08. The van der Waals surface area contributed by atoms with Crippen LogP contribution in [-0.4, -0.2) is 48.9 Å². The van der Waals surface area contributed by atoms with Crippen molar-refractivity contribution in [2.24, 2.45) is 0 Å². The first-order valence-electron chi connectivity index (χ1n) is 9.46. The van der Waals surface area contributed by atoms with E-state index in [2.05, 4.69) is 42.4 Å². The highest BCUT2D eigenvalue weighted by Gasteiger charge is 2.45. The van der Waals surface area contributed by atoms with E-state index in [1.165, 1.54) is 11.1 Å². The number of nitrogens with one attached hydrogen (secondary N) is 1. The van der Waals surface area contributed by atoms with E-state index in [-0.39, 0.29) is 23.9 Å². The molecule has 2 saturated heterocycles. The van der Waals surface area contributed by atoms with Gasteiger partial charge in [0.25, 0.3) is 0 Å². The van der Waals surface area contributed by atoms with Crippen LogP contribution in [0, 0.1) is 6.92 Å². The van der Waals surface area contributed by atoms with Crippen LogP contribution in [0.2, 0.25) is 0 Å². The lowest BCUT2D eigenvalue weighted by Gasteiger charge is -2.37. The molecule has 25 heavy (non-hydrogen) atoms. The fraction of sp³-hybridized carbons (Fsp3) is 0.600. The van der Waals surface area contributed by atoms with Gasteiger partial charge in [-0.25, -0.2) is 0 Å². The fourth-order valence-electron chi connectivity index (χ4n) is 4.69. The predicted molar refractivity (Wildman–Crippen MR) is 97.7 cm³/mol. The molecule has 3 atom stereocenters. The normalized spacial score (nSPS) is 29.6. The number of hydrogen-bond acceptors (Lipinski definition) is 3. The van der Waals surface area contributed by atoms with Crippen LogP contribution in [0.5, 0.6) is 0 Å². The first-order chi connectivity index (χ1) is 12.0. The zero-order valence-corrected chi connectivity index (χ0v) is 15.1. The van der Waals surface area contributed by atoms with E-state index in [9.17, 15) is 9.59 Å². The lowest BCUT2D eigenvalue weighted by atomic mass is 9.88. The number of piperidine rings is 1. The molecule has 3 aliphatic heterocycles. The van der Waals surface area contributed by atoms with Crippen LogP contribution in [0.25, 0.3) is 0 Å². The number of rotatable bonds is 1. The van der Waals surface area contributed by atoms with Gasteiger partial charge in [0, 0.05) is 30.6 Å². The maximum absolute atomic E-state index is 13.4. The predicted octanol–water partition coefficient (Wildman–Crippen LogP) is 2.19. The van der Waals surface area contributed by atoms with Crippen LogP contribution in [0.15, 0.2) is 18.2 Å². The molecule has 1 aromatic carbocycles. The zero-order valence-electron chi connectivity index (χ0n) is 15.1. The minimum Gasteiger partial charge on any atom is -0.344 e. The van der Waals surface area contributed by atoms with Gasteiger partial charge in [-0.05, 0) is 51.4 Å². The van der Waals surface area contributed by atoms with Crippen LogP contribution in [0.4, 0.5) is 5.69 Å². The van der Waals surface area contributed by atoms with Crippen molar-refractivity contribution in [3.05, 3.63) is 29.3 Å². The van der Waals surface area contributed by atoms with Crippen LogP contribution in [0.3, 0.4) is 0 Å². The first kappa shape index (κ1) is 16.6. The van der Waals surface area contributed by atoms with E-state index in [1.807, 2.05) is 4.90 Å². The molecule has 1 N–H and O–H groups in total. The monoisotopic (exact) mass is 341 g/mol. The Morgan fingerprint density at radius 3 is 2.92 bits per heavy atom. The molecule has 0 aromatic heterocycles. The largest absolute Gasteiger partial charge is 0.344 e. The van der Waals surface area contributed by atoms with Crippen LogP contribution in [-0.2, 0) is 9.59 Å². The Bertz CT molecular complexity index is 702. The van der Waals surface area contributed by atoms with E-state index in [4.69, 9.17) is 0 Å². The van der Waals surface area contributed by atoms with Crippen molar-refractivity contribution >= 4 is 17.5 Å². The Balaban J connectivity index is 1.68. The van der Waals surface area contributed by atoms with E-state index in [1.54, 1.807) is 0 Å². The van der Waals surface area contributed by atoms with E-state index in [0.717, 1.165) is 44.5 Å². The van der Waals surface area contributed by atoms with Crippen molar-refractivity contribution in [3.8, 4) is 0 Å². The number of anilines is 1. The summed E-state index contributed by atoms with van der Waals surface area (Å²) in [5.41, 5.74) is 3.59. The Morgan fingerprint density at radius 1 is 1.24 bits per heavy atom. The number of nitrogens with zero attached hydrogens (tertiary/aromatic N) is 2.